The van der Waals surface area contributed by atoms with E-state index in [0.29, 0.717) is 12.5 Å². The summed E-state index contributed by atoms with van der Waals surface area (Å²) in [6.45, 7) is 0. The molecule has 0 saturated heterocycles. The highest BCUT2D eigenvalue weighted by molar-refractivity contribution is 7.99. The monoisotopic (exact) mass is 565 g/mol. The van der Waals surface area contributed by atoms with Crippen LogP contribution in [0.2, 0.25) is 0 Å². The number of hydrogen-bond donors (Lipinski definition) is 2. The fraction of sp³-hybridized carbons (Fsp3) is 0.656. The second-order valence-electron chi connectivity index (χ2n) is 12.2. The van der Waals surface area contributed by atoms with Crippen LogP contribution in [0.3, 0.4) is 0 Å². The molecule has 0 unspecified atom stereocenters. The minimum Gasteiger partial charge on any atom is -0.497 e. The molecule has 0 aliphatic heterocycles. The summed E-state index contributed by atoms with van der Waals surface area (Å²) < 4.78 is 5.36. The Kier molecular flexibility index (Phi) is 9.76. The third-order valence-electron chi connectivity index (χ3n) is 8.96. The maximum Gasteiger partial charge on any atom is 0.225 e. The average molecular weight is 566 g/mol. The lowest BCUT2D eigenvalue weighted by atomic mass is 9.85. The largest absolute Gasteiger partial charge is 0.497 e. The molecule has 3 aliphatic carbocycles. The Hall–Kier alpha value is -2.48. The Morgan fingerprint density at radius 1 is 0.975 bits per heavy atom. The number of fused-ring (bicyclic) bond motifs is 1. The van der Waals surface area contributed by atoms with Gasteiger partial charge in [-0.25, -0.2) is 4.98 Å². The number of aryl methyl sites for hydroxylation is 1. The molecule has 1 heterocycles. The summed E-state index contributed by atoms with van der Waals surface area (Å²) in [5.41, 5.74) is 3.84. The van der Waals surface area contributed by atoms with Crippen molar-refractivity contribution in [3.05, 3.63) is 41.1 Å². The number of carbonyl (C=O) groups excluding carboxylic acids is 1. The fourth-order valence-electron chi connectivity index (χ4n) is 6.67. The molecule has 2 fully saturated rings. The van der Waals surface area contributed by atoms with E-state index in [9.17, 15) is 4.79 Å². The standard InChI is InChI=1S/C32H47N5O2S/c1-37(2)30-27-9-5-6-10-28(27)35-31(36-30)34-25-15-13-24(14-16-25)33-29(38)21-32(19-7-4-8-20-32)40-22-23-11-17-26(39-3)18-12-23/h11-12,17-18,24-25H,4-10,13-16,19-22H2,1-3H3,(H,33,38)(H,34,35,36)/t24-,25+. The Balaban J connectivity index is 1.12. The molecule has 2 aromatic rings. The summed E-state index contributed by atoms with van der Waals surface area (Å²) >= 11 is 1.99. The topological polar surface area (TPSA) is 79.4 Å². The molecular formula is C32H47N5O2S. The van der Waals surface area contributed by atoms with Crippen LogP contribution in [-0.4, -0.2) is 53.9 Å². The van der Waals surface area contributed by atoms with Crippen molar-refractivity contribution in [3.63, 3.8) is 0 Å². The number of thioether (sulfide) groups is 1. The fourth-order valence-corrected chi connectivity index (χ4v) is 8.15. The molecule has 0 spiro atoms. The molecule has 3 aliphatic rings. The average Bonchev–Trinajstić information content (AvgIpc) is 2.97. The molecule has 8 heteroatoms. The van der Waals surface area contributed by atoms with Gasteiger partial charge >= 0.3 is 0 Å². The number of hydrogen-bond acceptors (Lipinski definition) is 7. The van der Waals surface area contributed by atoms with Gasteiger partial charge in [-0.3, -0.25) is 4.79 Å². The van der Waals surface area contributed by atoms with Crippen molar-refractivity contribution in [2.45, 2.75) is 112 Å². The van der Waals surface area contributed by atoms with E-state index in [-0.39, 0.29) is 16.7 Å². The van der Waals surface area contributed by atoms with Crippen molar-refractivity contribution in [2.24, 2.45) is 0 Å². The molecule has 40 heavy (non-hydrogen) atoms. The summed E-state index contributed by atoms with van der Waals surface area (Å²) in [6.07, 6.45) is 15.2. The van der Waals surface area contributed by atoms with E-state index in [4.69, 9.17) is 14.7 Å². The number of nitrogens with zero attached hydrogens (tertiary/aromatic N) is 3. The zero-order valence-corrected chi connectivity index (χ0v) is 25.5. The smallest absolute Gasteiger partial charge is 0.225 e. The molecule has 0 radical (unpaired) electrons. The number of amides is 1. The molecule has 0 atom stereocenters. The lowest BCUT2D eigenvalue weighted by Crippen LogP contribution is -2.43. The van der Waals surface area contributed by atoms with E-state index in [0.717, 1.165) is 74.6 Å². The molecule has 1 aromatic heterocycles. The van der Waals surface area contributed by atoms with E-state index < -0.39 is 0 Å². The lowest BCUT2D eigenvalue weighted by molar-refractivity contribution is -0.122. The van der Waals surface area contributed by atoms with Crippen LogP contribution in [0.1, 0.15) is 93.9 Å². The van der Waals surface area contributed by atoms with E-state index in [2.05, 4.69) is 41.8 Å². The van der Waals surface area contributed by atoms with E-state index in [1.165, 1.54) is 48.9 Å². The first-order valence-electron chi connectivity index (χ1n) is 15.3. The van der Waals surface area contributed by atoms with Crippen molar-refractivity contribution < 1.29 is 9.53 Å². The SMILES string of the molecule is COc1ccc(CSC2(CC(=O)N[C@H]3CC[C@@H](Nc4nc5c(c(N(C)C)n4)CCCC5)CC3)CCCCC2)cc1. The molecule has 2 N–H and O–H groups in total. The number of anilines is 2. The second-order valence-corrected chi connectivity index (χ2v) is 13.7. The van der Waals surface area contributed by atoms with Crippen LogP contribution in [0.15, 0.2) is 24.3 Å². The highest BCUT2D eigenvalue weighted by Gasteiger charge is 2.35. The predicted octanol–water partition coefficient (Wildman–Crippen LogP) is 6.30. The van der Waals surface area contributed by atoms with Crippen molar-refractivity contribution in [1.82, 2.24) is 15.3 Å². The van der Waals surface area contributed by atoms with Gasteiger partial charge in [-0.05, 0) is 81.9 Å². The highest BCUT2D eigenvalue weighted by atomic mass is 32.2. The minimum atomic E-state index is 0.0505. The van der Waals surface area contributed by atoms with Gasteiger partial charge in [0.2, 0.25) is 11.9 Å². The maximum absolute atomic E-state index is 13.3. The van der Waals surface area contributed by atoms with Crippen LogP contribution >= 0.6 is 11.8 Å². The highest BCUT2D eigenvalue weighted by Crippen LogP contribution is 2.44. The lowest BCUT2D eigenvalue weighted by Gasteiger charge is -2.37. The number of ether oxygens (including phenoxy) is 1. The zero-order chi connectivity index (χ0) is 28.0. The maximum atomic E-state index is 13.3. The Morgan fingerprint density at radius 2 is 1.68 bits per heavy atom. The van der Waals surface area contributed by atoms with E-state index >= 15 is 0 Å². The minimum absolute atomic E-state index is 0.0505. The van der Waals surface area contributed by atoms with Crippen LogP contribution in [0, 0.1) is 0 Å². The number of methoxy groups -OCH3 is 1. The van der Waals surface area contributed by atoms with Crippen LogP contribution in [0.25, 0.3) is 0 Å². The number of nitrogens with one attached hydrogen (secondary N) is 2. The molecular weight excluding hydrogens is 518 g/mol. The molecule has 1 amide bonds. The second kappa shape index (κ2) is 13.5. The van der Waals surface area contributed by atoms with Crippen molar-refractivity contribution in [1.29, 1.82) is 0 Å². The number of rotatable bonds is 10. The molecule has 2 saturated carbocycles. The normalized spacial score (nSPS) is 22.2. The van der Waals surface area contributed by atoms with E-state index in [1.54, 1.807) is 7.11 Å². The summed E-state index contributed by atoms with van der Waals surface area (Å²) in [5, 5.41) is 7.06. The van der Waals surface area contributed by atoms with Gasteiger partial charge in [0.25, 0.3) is 0 Å². The van der Waals surface area contributed by atoms with Gasteiger partial charge in [0.15, 0.2) is 0 Å². The van der Waals surface area contributed by atoms with Gasteiger partial charge in [-0.15, -0.1) is 11.8 Å². The Labute approximate surface area is 244 Å². The van der Waals surface area contributed by atoms with Crippen molar-refractivity contribution in [2.75, 3.05) is 31.4 Å². The summed E-state index contributed by atoms with van der Waals surface area (Å²) in [6, 6.07) is 8.96. The van der Waals surface area contributed by atoms with Crippen molar-refractivity contribution >= 4 is 29.4 Å². The van der Waals surface area contributed by atoms with Crippen LogP contribution in [0.5, 0.6) is 5.75 Å². The van der Waals surface area contributed by atoms with Crippen LogP contribution in [0.4, 0.5) is 11.8 Å². The van der Waals surface area contributed by atoms with Gasteiger partial charge in [0.05, 0.1) is 12.8 Å². The first-order valence-corrected chi connectivity index (χ1v) is 16.3. The molecule has 0 bridgehead atoms. The van der Waals surface area contributed by atoms with Crippen molar-refractivity contribution in [3.8, 4) is 5.75 Å². The van der Waals surface area contributed by atoms with Crippen LogP contribution < -0.4 is 20.3 Å². The summed E-state index contributed by atoms with van der Waals surface area (Å²) in [5.74, 6) is 3.89. The summed E-state index contributed by atoms with van der Waals surface area (Å²) in [7, 11) is 5.85. The molecule has 5 rings (SSSR count). The molecule has 1 aromatic carbocycles. The first-order chi connectivity index (χ1) is 19.4. The van der Waals surface area contributed by atoms with Gasteiger partial charge in [-0.1, -0.05) is 31.4 Å². The molecule has 218 valence electrons. The summed E-state index contributed by atoms with van der Waals surface area (Å²) in [4.78, 5) is 25.2. The first kappa shape index (κ1) is 29.0. The Morgan fingerprint density at radius 3 is 2.38 bits per heavy atom. The van der Waals surface area contributed by atoms with Gasteiger partial charge in [-0.2, -0.15) is 4.98 Å². The number of carbonyl (C=O) groups is 1. The van der Waals surface area contributed by atoms with Gasteiger partial charge in [0.1, 0.15) is 11.6 Å². The quantitative estimate of drug-likeness (QED) is 0.350. The van der Waals surface area contributed by atoms with E-state index in [1.807, 2.05) is 23.9 Å². The van der Waals surface area contributed by atoms with Crippen LogP contribution in [-0.2, 0) is 23.4 Å². The van der Waals surface area contributed by atoms with Gasteiger partial charge in [0, 0.05) is 48.7 Å². The molecule has 7 nitrogen and oxygen atoms in total. The third kappa shape index (κ3) is 7.42. The zero-order valence-electron chi connectivity index (χ0n) is 24.6. The Bertz CT molecular complexity index is 1120. The van der Waals surface area contributed by atoms with Gasteiger partial charge < -0.3 is 20.3 Å². The third-order valence-corrected chi connectivity index (χ3v) is 10.6. The number of benzene rings is 1. The number of aromatic nitrogens is 2. The predicted molar refractivity (Wildman–Crippen MR) is 166 cm³/mol.